The molecule has 3 aromatic carbocycles. The van der Waals surface area contributed by atoms with E-state index in [1.54, 1.807) is 110 Å². The van der Waals surface area contributed by atoms with Gasteiger partial charge in [0, 0.05) is 46.9 Å². The Morgan fingerprint density at radius 1 is 0.514 bits per heavy atom. The summed E-state index contributed by atoms with van der Waals surface area (Å²) in [6.45, 7) is 14.0. The van der Waals surface area contributed by atoms with Crippen LogP contribution in [-0.4, -0.2) is 119 Å². The van der Waals surface area contributed by atoms with E-state index in [0.29, 0.717) is 53.7 Å². The minimum atomic E-state index is -1.19. The first kappa shape index (κ1) is 57.0. The highest BCUT2D eigenvalue weighted by atomic mass is 32.1. The number of hydrogen-bond donors (Lipinski definition) is 4. The number of nitrogens with zero attached hydrogens (tertiary/aromatic N) is 2. The maximum absolute atomic E-state index is 12.1. The predicted molar refractivity (Wildman–Crippen MR) is 269 cm³/mol. The minimum absolute atomic E-state index is 0.0371. The second-order valence-electron chi connectivity index (χ2n) is 17.1. The Bertz CT molecular complexity index is 3090. The molecule has 0 unspecified atom stereocenters. The van der Waals surface area contributed by atoms with Crippen molar-refractivity contribution in [2.45, 2.75) is 73.5 Å². The highest BCUT2D eigenvalue weighted by Crippen LogP contribution is 2.41. The van der Waals surface area contributed by atoms with Crippen molar-refractivity contribution in [1.29, 1.82) is 0 Å². The fourth-order valence-electron chi connectivity index (χ4n) is 6.17. The molecule has 0 spiro atoms. The quantitative estimate of drug-likeness (QED) is 0.0186. The number of ketones is 1. The highest BCUT2D eigenvalue weighted by molar-refractivity contribution is 7.22. The number of carboxylic acids is 2. The molecule has 0 saturated carbocycles. The van der Waals surface area contributed by atoms with Crippen molar-refractivity contribution in [3.8, 4) is 17.2 Å². The molecule has 0 aliphatic rings. The first-order valence-electron chi connectivity index (χ1n) is 21.2. The van der Waals surface area contributed by atoms with Crippen molar-refractivity contribution in [3.05, 3.63) is 85.9 Å². The molecular weight excluding hydrogens is 1000 g/mol. The van der Waals surface area contributed by atoms with Crippen LogP contribution >= 0.6 is 34.0 Å². The average molecular weight is 1050 g/mol. The lowest BCUT2D eigenvalue weighted by Crippen LogP contribution is -2.27. The smallest absolute Gasteiger partial charge is 0.351 e. The Morgan fingerprint density at radius 3 is 1.17 bits per heavy atom. The number of esters is 4. The molecule has 0 amide bonds. The lowest BCUT2D eigenvalue weighted by atomic mass is 10.1. The molecule has 72 heavy (non-hydrogen) atoms. The molecule has 23 heteroatoms. The van der Waals surface area contributed by atoms with Crippen LogP contribution in [0.4, 0.5) is 0 Å². The Hall–Kier alpha value is -7.63. The lowest BCUT2D eigenvalue weighted by Gasteiger charge is -2.19. The third kappa shape index (κ3) is 15.2. The van der Waals surface area contributed by atoms with Gasteiger partial charge in [0.1, 0.15) is 11.2 Å². The standard InChI is InChI=1S/C18H21NO6S.C18H20O6S.C13H11NO6S/c1-10(19-22)11-6-7-12-13(8-11)26-16(17(21)23-5)15(12)24-9-14(20)25-18(2,3)4;1-10(19)11-6-7-12-13(8-11)25-16(17(21)22-5)15(12)23-9-14(20)24-18(2,3)4;1-6(14-19)7-2-3-8-9(4-7)21-12(13(17)18)11(8)20-5-10(15)16/h6-8,22H,9H2,1-5H3;6-8H,9H2,1-5H3;2-4,19H,5H2,1H3,(H,15,16)(H,17,18)/b19-10+;;14-6+. The molecule has 4 N–H and O–H groups in total. The normalized spacial score (nSPS) is 11.7. The largest absolute Gasteiger partial charge is 0.479 e. The molecule has 0 radical (unpaired) electrons. The topological polar surface area (TPSA) is 290 Å². The molecule has 0 fully saturated rings. The SMILES string of the molecule is C/C(=N\O)c1ccc2c(OCC(=O)O)c(C(=O)O)sc2c1.COC(=O)c1sc2cc(/C(C)=N/O)ccc2c1OCC(=O)OC(C)(C)C.COC(=O)c1sc2cc(C(C)=O)ccc2c1OCC(=O)OC(C)(C)C. The summed E-state index contributed by atoms with van der Waals surface area (Å²) in [4.78, 5) is 81.7. The number of fused-ring (bicyclic) bond motifs is 3. The summed E-state index contributed by atoms with van der Waals surface area (Å²) < 4.78 is 38.3. The predicted octanol–water partition coefficient (Wildman–Crippen LogP) is 9.48. The van der Waals surface area contributed by atoms with Crippen LogP contribution in [0.1, 0.15) is 113 Å². The zero-order valence-corrected chi connectivity index (χ0v) is 43.4. The number of Topliss-reactive ketones (excluding diaryl/α,β-unsaturated/α-hetero) is 1. The molecule has 6 aromatic rings. The first-order valence-corrected chi connectivity index (χ1v) is 23.7. The van der Waals surface area contributed by atoms with E-state index in [1.165, 1.54) is 32.5 Å². The van der Waals surface area contributed by atoms with E-state index < -0.39 is 53.6 Å². The summed E-state index contributed by atoms with van der Waals surface area (Å²) in [5.41, 5.74) is 1.44. The second kappa shape index (κ2) is 24.5. The Kier molecular flexibility index (Phi) is 19.4. The molecule has 0 aliphatic heterocycles. The van der Waals surface area contributed by atoms with Gasteiger partial charge in [0.2, 0.25) is 0 Å². The molecule has 3 aromatic heterocycles. The van der Waals surface area contributed by atoms with Crippen LogP contribution in [0.15, 0.2) is 64.9 Å². The molecule has 6 rings (SSSR count). The van der Waals surface area contributed by atoms with Crippen molar-refractivity contribution in [2.75, 3.05) is 34.0 Å². The van der Waals surface area contributed by atoms with Crippen molar-refractivity contribution in [2.24, 2.45) is 10.3 Å². The zero-order valence-electron chi connectivity index (χ0n) is 40.9. The van der Waals surface area contributed by atoms with Crippen LogP contribution in [-0.2, 0) is 33.3 Å². The third-order valence-corrected chi connectivity index (χ3v) is 12.6. The zero-order chi connectivity index (χ0) is 53.8. The van der Waals surface area contributed by atoms with Crippen LogP contribution in [0.25, 0.3) is 30.3 Å². The number of aromatic carboxylic acids is 1. The Labute approximate surface area is 423 Å². The minimum Gasteiger partial charge on any atom is -0.479 e. The van der Waals surface area contributed by atoms with Crippen molar-refractivity contribution < 1.29 is 87.3 Å². The Balaban J connectivity index is 0.000000236. The second-order valence-corrected chi connectivity index (χ2v) is 20.2. The summed E-state index contributed by atoms with van der Waals surface area (Å²) >= 11 is 3.30. The van der Waals surface area contributed by atoms with Gasteiger partial charge in [-0.1, -0.05) is 28.5 Å². The van der Waals surface area contributed by atoms with Crippen LogP contribution in [0.3, 0.4) is 0 Å². The summed E-state index contributed by atoms with van der Waals surface area (Å²) in [6, 6.07) is 15.2. The van der Waals surface area contributed by atoms with Gasteiger partial charge in [-0.15, -0.1) is 34.0 Å². The van der Waals surface area contributed by atoms with Crippen molar-refractivity contribution in [3.63, 3.8) is 0 Å². The van der Waals surface area contributed by atoms with Gasteiger partial charge in [-0.25, -0.2) is 28.8 Å². The molecule has 0 saturated heterocycles. The van der Waals surface area contributed by atoms with Crippen LogP contribution in [0, 0.1) is 0 Å². The van der Waals surface area contributed by atoms with E-state index in [1.807, 2.05) is 0 Å². The molecular formula is C49H52N2O18S3. The maximum Gasteiger partial charge on any atom is 0.351 e. The number of hydrogen-bond acceptors (Lipinski definition) is 21. The van der Waals surface area contributed by atoms with Gasteiger partial charge < -0.3 is 53.8 Å². The average Bonchev–Trinajstić information content (AvgIpc) is 4.00. The fourth-order valence-corrected chi connectivity index (χ4v) is 9.40. The summed E-state index contributed by atoms with van der Waals surface area (Å²) in [5.74, 6) is -4.09. The van der Waals surface area contributed by atoms with Gasteiger partial charge >= 0.3 is 35.8 Å². The van der Waals surface area contributed by atoms with Crippen molar-refractivity contribution in [1.82, 2.24) is 0 Å². The first-order chi connectivity index (χ1) is 33.7. The fraction of sp³-hybridized carbons (Fsp3) is 0.327. The van der Waals surface area contributed by atoms with Gasteiger partial charge in [-0.2, -0.15) is 0 Å². The van der Waals surface area contributed by atoms with Gasteiger partial charge in [-0.05, 0) is 98.7 Å². The van der Waals surface area contributed by atoms with Gasteiger partial charge in [0.05, 0.1) is 25.6 Å². The highest BCUT2D eigenvalue weighted by Gasteiger charge is 2.26. The summed E-state index contributed by atoms with van der Waals surface area (Å²) in [6.07, 6.45) is 0. The molecule has 0 aliphatic carbocycles. The maximum atomic E-state index is 12.1. The number of benzene rings is 3. The number of ether oxygens (including phenoxy) is 7. The molecule has 20 nitrogen and oxygen atoms in total. The lowest BCUT2D eigenvalue weighted by molar-refractivity contribution is -0.158. The number of aliphatic carboxylic acids is 1. The van der Waals surface area contributed by atoms with E-state index in [9.17, 15) is 38.7 Å². The van der Waals surface area contributed by atoms with E-state index in [-0.39, 0.29) is 50.9 Å². The number of thiophene rings is 3. The number of carboxylic acid groups (broad SMARTS) is 2. The van der Waals surface area contributed by atoms with Gasteiger partial charge in [0.15, 0.2) is 57.5 Å². The number of rotatable bonds is 15. The molecule has 0 atom stereocenters. The van der Waals surface area contributed by atoms with E-state index in [2.05, 4.69) is 10.3 Å². The number of carbonyl (C=O) groups excluding carboxylic acids is 5. The third-order valence-electron chi connectivity index (χ3n) is 9.26. The molecule has 0 bridgehead atoms. The van der Waals surface area contributed by atoms with Crippen molar-refractivity contribution >= 4 is 117 Å². The van der Waals surface area contributed by atoms with E-state index in [0.717, 1.165) is 27.4 Å². The van der Waals surface area contributed by atoms with Crippen LogP contribution in [0.2, 0.25) is 0 Å². The van der Waals surface area contributed by atoms with Gasteiger partial charge in [-0.3, -0.25) is 4.79 Å². The number of methoxy groups -OCH3 is 2. The van der Waals surface area contributed by atoms with Crippen LogP contribution < -0.4 is 14.2 Å². The van der Waals surface area contributed by atoms with Crippen LogP contribution in [0.5, 0.6) is 17.2 Å². The molecule has 384 valence electrons. The molecule has 3 heterocycles. The van der Waals surface area contributed by atoms with E-state index >= 15 is 0 Å². The van der Waals surface area contributed by atoms with Gasteiger partial charge in [0.25, 0.3) is 0 Å². The monoisotopic (exact) mass is 1050 g/mol. The number of oxime groups is 2. The number of carbonyl (C=O) groups is 7. The summed E-state index contributed by atoms with van der Waals surface area (Å²) in [5, 5.41) is 43.6. The summed E-state index contributed by atoms with van der Waals surface area (Å²) in [7, 11) is 2.55. The Morgan fingerprint density at radius 2 is 0.847 bits per heavy atom. The van der Waals surface area contributed by atoms with E-state index in [4.69, 9.17) is 48.7 Å².